The van der Waals surface area contributed by atoms with Crippen molar-refractivity contribution in [2.75, 3.05) is 0 Å². The summed E-state index contributed by atoms with van der Waals surface area (Å²) in [6.45, 7) is 6.71. The fourth-order valence-corrected chi connectivity index (χ4v) is 1.99. The molecular formula is C14H19FN2O4. The number of carbonyl (C=O) groups is 1. The number of pyridine rings is 1. The molecule has 2 heterocycles. The van der Waals surface area contributed by atoms with E-state index in [0.717, 1.165) is 5.06 Å². The standard InChI is InChI=1S/C14H19FN2O4/c1-8-10(15)5-9(7-16-8)11-6-12(18)21-17(11)13(19)20-14(2,3)4/h5,7,11-12,18H,6H2,1-4H3/t11-,12?/m0/s1. The zero-order valence-corrected chi connectivity index (χ0v) is 12.5. The van der Waals surface area contributed by atoms with Crippen LogP contribution in [-0.4, -0.2) is 33.1 Å². The van der Waals surface area contributed by atoms with Crippen LogP contribution in [-0.2, 0) is 9.57 Å². The number of halogens is 1. The molecule has 1 aliphatic heterocycles. The number of hydroxylamine groups is 2. The Morgan fingerprint density at radius 3 is 2.81 bits per heavy atom. The molecule has 0 radical (unpaired) electrons. The molecule has 1 saturated heterocycles. The first-order valence-electron chi connectivity index (χ1n) is 6.66. The summed E-state index contributed by atoms with van der Waals surface area (Å²) >= 11 is 0. The summed E-state index contributed by atoms with van der Waals surface area (Å²) < 4.78 is 18.8. The van der Waals surface area contributed by atoms with Gasteiger partial charge in [-0.2, -0.15) is 5.06 Å². The Kier molecular flexibility index (Phi) is 4.15. The second-order valence-electron chi connectivity index (χ2n) is 5.95. The average Bonchev–Trinajstić information content (AvgIpc) is 2.73. The Morgan fingerprint density at radius 2 is 2.24 bits per heavy atom. The molecule has 1 aliphatic rings. The van der Waals surface area contributed by atoms with Gasteiger partial charge < -0.3 is 9.84 Å². The highest BCUT2D eigenvalue weighted by molar-refractivity contribution is 5.67. The van der Waals surface area contributed by atoms with E-state index in [1.807, 2.05) is 0 Å². The van der Waals surface area contributed by atoms with Gasteiger partial charge in [0.1, 0.15) is 11.4 Å². The van der Waals surface area contributed by atoms with Gasteiger partial charge in [-0.25, -0.2) is 14.0 Å². The fraction of sp³-hybridized carbons (Fsp3) is 0.571. The molecular weight excluding hydrogens is 279 g/mol. The van der Waals surface area contributed by atoms with E-state index in [0.29, 0.717) is 5.56 Å². The van der Waals surface area contributed by atoms with Crippen molar-refractivity contribution < 1.29 is 23.9 Å². The van der Waals surface area contributed by atoms with Crippen molar-refractivity contribution in [3.8, 4) is 0 Å². The van der Waals surface area contributed by atoms with Crippen LogP contribution in [0.3, 0.4) is 0 Å². The van der Waals surface area contributed by atoms with Crippen LogP contribution in [0.4, 0.5) is 9.18 Å². The maximum Gasteiger partial charge on any atom is 0.435 e. The lowest BCUT2D eigenvalue weighted by atomic mass is 10.1. The van der Waals surface area contributed by atoms with Crippen LogP contribution < -0.4 is 0 Å². The summed E-state index contributed by atoms with van der Waals surface area (Å²) in [5.41, 5.74) is 0.0116. The molecule has 1 N–H and O–H groups in total. The van der Waals surface area contributed by atoms with Gasteiger partial charge in [0.2, 0.25) is 0 Å². The van der Waals surface area contributed by atoms with Gasteiger partial charge in [-0.1, -0.05) is 0 Å². The Bertz CT molecular complexity index is 544. The number of aromatic nitrogens is 1. The lowest BCUT2D eigenvalue weighted by Gasteiger charge is -2.26. The van der Waals surface area contributed by atoms with Crippen LogP contribution in [0.15, 0.2) is 12.3 Å². The Balaban J connectivity index is 2.24. The molecule has 0 saturated carbocycles. The minimum Gasteiger partial charge on any atom is -0.442 e. The first-order valence-corrected chi connectivity index (χ1v) is 6.66. The predicted molar refractivity (Wildman–Crippen MR) is 71.5 cm³/mol. The van der Waals surface area contributed by atoms with Gasteiger partial charge in [0, 0.05) is 12.6 Å². The van der Waals surface area contributed by atoms with Crippen molar-refractivity contribution >= 4 is 6.09 Å². The summed E-state index contributed by atoms with van der Waals surface area (Å²) in [5, 5.41) is 10.5. The number of nitrogens with zero attached hydrogens (tertiary/aromatic N) is 2. The molecule has 2 rings (SSSR count). The Labute approximate surface area is 122 Å². The van der Waals surface area contributed by atoms with E-state index >= 15 is 0 Å². The Hall–Kier alpha value is -1.73. The highest BCUT2D eigenvalue weighted by Gasteiger charge is 2.39. The zero-order valence-electron chi connectivity index (χ0n) is 12.5. The van der Waals surface area contributed by atoms with Crippen LogP contribution in [0, 0.1) is 12.7 Å². The minimum atomic E-state index is -1.15. The van der Waals surface area contributed by atoms with Crippen molar-refractivity contribution in [2.24, 2.45) is 0 Å². The number of ether oxygens (including phenoxy) is 1. The van der Waals surface area contributed by atoms with E-state index in [1.165, 1.54) is 12.3 Å². The number of aliphatic hydroxyl groups excluding tert-OH is 1. The van der Waals surface area contributed by atoms with Crippen molar-refractivity contribution in [3.63, 3.8) is 0 Å². The second kappa shape index (κ2) is 5.57. The van der Waals surface area contributed by atoms with E-state index in [2.05, 4.69) is 4.98 Å². The number of aliphatic hydroxyl groups is 1. The molecule has 7 heteroatoms. The van der Waals surface area contributed by atoms with Crippen LogP contribution in [0.2, 0.25) is 0 Å². The summed E-state index contributed by atoms with van der Waals surface area (Å²) in [5.74, 6) is -0.474. The monoisotopic (exact) mass is 298 g/mol. The largest absolute Gasteiger partial charge is 0.442 e. The molecule has 0 aliphatic carbocycles. The molecule has 1 aromatic heterocycles. The van der Waals surface area contributed by atoms with E-state index in [-0.39, 0.29) is 12.1 Å². The Morgan fingerprint density at radius 1 is 1.57 bits per heavy atom. The molecule has 116 valence electrons. The van der Waals surface area contributed by atoms with Crippen molar-refractivity contribution in [1.29, 1.82) is 0 Å². The summed E-state index contributed by atoms with van der Waals surface area (Å²) in [4.78, 5) is 21.1. The molecule has 0 bridgehead atoms. The van der Waals surface area contributed by atoms with Gasteiger partial charge in [-0.05, 0) is 39.3 Å². The van der Waals surface area contributed by atoms with Crippen molar-refractivity contribution in [3.05, 3.63) is 29.3 Å². The number of hydrogen-bond acceptors (Lipinski definition) is 5. The zero-order chi connectivity index (χ0) is 15.8. The quantitative estimate of drug-likeness (QED) is 0.862. The third kappa shape index (κ3) is 3.68. The van der Waals surface area contributed by atoms with E-state index in [4.69, 9.17) is 9.57 Å². The van der Waals surface area contributed by atoms with E-state index in [9.17, 15) is 14.3 Å². The van der Waals surface area contributed by atoms with Gasteiger partial charge >= 0.3 is 6.09 Å². The molecule has 1 fully saturated rings. The van der Waals surface area contributed by atoms with Crippen LogP contribution in [0.5, 0.6) is 0 Å². The molecule has 0 aromatic carbocycles. The minimum absolute atomic E-state index is 0.128. The molecule has 1 amide bonds. The van der Waals surface area contributed by atoms with E-state index < -0.39 is 29.8 Å². The van der Waals surface area contributed by atoms with Crippen LogP contribution in [0.1, 0.15) is 44.5 Å². The molecule has 1 aromatic rings. The number of carbonyl (C=O) groups excluding carboxylic acids is 1. The number of rotatable bonds is 1. The molecule has 6 nitrogen and oxygen atoms in total. The van der Waals surface area contributed by atoms with Gasteiger partial charge in [0.15, 0.2) is 6.29 Å². The van der Waals surface area contributed by atoms with Crippen LogP contribution in [0.25, 0.3) is 0 Å². The van der Waals surface area contributed by atoms with Crippen molar-refractivity contribution in [2.45, 2.75) is 52.0 Å². The summed E-state index contributed by atoms with van der Waals surface area (Å²) in [6, 6.07) is 0.642. The fourth-order valence-electron chi connectivity index (χ4n) is 1.99. The van der Waals surface area contributed by atoms with Crippen LogP contribution >= 0.6 is 0 Å². The number of aryl methyl sites for hydroxylation is 1. The summed E-state index contributed by atoms with van der Waals surface area (Å²) in [6.07, 6.45) is -0.289. The topological polar surface area (TPSA) is 71.9 Å². The van der Waals surface area contributed by atoms with Gasteiger partial charge in [0.05, 0.1) is 11.7 Å². The first-order chi connectivity index (χ1) is 9.67. The smallest absolute Gasteiger partial charge is 0.435 e. The third-order valence-corrected chi connectivity index (χ3v) is 2.95. The highest BCUT2D eigenvalue weighted by atomic mass is 19.1. The lowest BCUT2D eigenvalue weighted by molar-refractivity contribution is -0.207. The normalized spacial score (nSPS) is 22.5. The molecule has 1 unspecified atom stereocenters. The second-order valence-corrected chi connectivity index (χ2v) is 5.95. The van der Waals surface area contributed by atoms with Crippen molar-refractivity contribution in [1.82, 2.24) is 10.0 Å². The van der Waals surface area contributed by atoms with Gasteiger partial charge in [0.25, 0.3) is 0 Å². The maximum absolute atomic E-state index is 13.6. The molecule has 2 atom stereocenters. The third-order valence-electron chi connectivity index (χ3n) is 2.95. The van der Waals surface area contributed by atoms with E-state index in [1.54, 1.807) is 27.7 Å². The predicted octanol–water partition coefficient (Wildman–Crippen LogP) is 2.46. The van der Waals surface area contributed by atoms with Gasteiger partial charge in [-0.3, -0.25) is 4.98 Å². The number of amides is 1. The SMILES string of the molecule is Cc1ncc([C@@H]2CC(O)ON2C(=O)OC(C)(C)C)cc1F. The average molecular weight is 298 g/mol. The first kappa shape index (κ1) is 15.7. The number of hydrogen-bond donors (Lipinski definition) is 1. The molecule has 21 heavy (non-hydrogen) atoms. The summed E-state index contributed by atoms with van der Waals surface area (Å²) in [7, 11) is 0. The highest BCUT2D eigenvalue weighted by Crippen LogP contribution is 2.34. The molecule has 0 spiro atoms. The lowest BCUT2D eigenvalue weighted by Crippen LogP contribution is -2.36. The maximum atomic E-state index is 13.6. The van der Waals surface area contributed by atoms with Gasteiger partial charge in [-0.15, -0.1) is 0 Å².